The summed E-state index contributed by atoms with van der Waals surface area (Å²) in [6.07, 6.45) is 0.528. The van der Waals surface area contributed by atoms with Crippen molar-refractivity contribution in [1.82, 2.24) is 4.98 Å². The van der Waals surface area contributed by atoms with Crippen LogP contribution in [0.3, 0.4) is 0 Å². The van der Waals surface area contributed by atoms with E-state index in [4.69, 9.17) is 14.6 Å². The summed E-state index contributed by atoms with van der Waals surface area (Å²) in [5.41, 5.74) is 0.746. The Morgan fingerprint density at radius 1 is 1.17 bits per heavy atom. The maximum Gasteiger partial charge on any atom is 0.213 e. The van der Waals surface area contributed by atoms with Crippen molar-refractivity contribution in [1.29, 1.82) is 0 Å². The van der Waals surface area contributed by atoms with Gasteiger partial charge in [0.05, 0.1) is 24.5 Å². The molecule has 1 aromatic carbocycles. The molecule has 0 fully saturated rings. The molecule has 0 bridgehead atoms. The molecule has 1 heterocycles. The summed E-state index contributed by atoms with van der Waals surface area (Å²) in [5.74, 6) is 1.79. The number of aromatic nitrogens is 1. The average Bonchev–Trinajstić information content (AvgIpc) is 2.49. The molecule has 0 unspecified atom stereocenters. The van der Waals surface area contributed by atoms with E-state index < -0.39 is 5.60 Å². The van der Waals surface area contributed by atoms with Crippen molar-refractivity contribution >= 4 is 0 Å². The molecular weight excluding hydrogens is 294 g/mol. The fourth-order valence-electron chi connectivity index (χ4n) is 1.95. The summed E-state index contributed by atoms with van der Waals surface area (Å²) in [4.78, 5) is 4.35. The molecule has 0 atom stereocenters. The van der Waals surface area contributed by atoms with E-state index >= 15 is 0 Å². The topological polar surface area (TPSA) is 71.8 Å². The first-order chi connectivity index (χ1) is 10.9. The molecule has 124 valence electrons. The Labute approximate surface area is 136 Å². The van der Waals surface area contributed by atoms with Gasteiger partial charge < -0.3 is 19.7 Å². The number of rotatable bonds is 7. The maximum atomic E-state index is 9.66. The number of pyridine rings is 1. The van der Waals surface area contributed by atoms with Gasteiger partial charge in [0, 0.05) is 12.5 Å². The summed E-state index contributed by atoms with van der Waals surface area (Å²) in [6, 6.07) is 10.8. The van der Waals surface area contributed by atoms with Crippen LogP contribution in [0.15, 0.2) is 36.4 Å². The molecule has 0 saturated carbocycles. The van der Waals surface area contributed by atoms with Gasteiger partial charge in [0.25, 0.3) is 0 Å². The minimum atomic E-state index is -0.754. The predicted molar refractivity (Wildman–Crippen MR) is 87.8 cm³/mol. The van der Waals surface area contributed by atoms with Crippen LogP contribution in [0.4, 0.5) is 0 Å². The van der Waals surface area contributed by atoms with Gasteiger partial charge >= 0.3 is 0 Å². The van der Waals surface area contributed by atoms with E-state index in [1.807, 2.05) is 25.1 Å². The highest BCUT2D eigenvalue weighted by atomic mass is 16.5. The monoisotopic (exact) mass is 317 g/mol. The first-order valence-corrected chi connectivity index (χ1v) is 7.58. The van der Waals surface area contributed by atoms with Crippen molar-refractivity contribution in [2.45, 2.75) is 39.4 Å². The molecule has 0 radical (unpaired) electrons. The Hall–Kier alpha value is -2.11. The van der Waals surface area contributed by atoms with Crippen LogP contribution in [0.1, 0.15) is 31.5 Å². The van der Waals surface area contributed by atoms with Crippen LogP contribution in [0.25, 0.3) is 0 Å². The zero-order valence-corrected chi connectivity index (χ0v) is 13.7. The minimum Gasteiger partial charge on any atom is -0.478 e. The van der Waals surface area contributed by atoms with Crippen LogP contribution in [0.5, 0.6) is 17.4 Å². The second-order valence-corrected chi connectivity index (χ2v) is 6.05. The van der Waals surface area contributed by atoms with Gasteiger partial charge in [-0.3, -0.25) is 0 Å². The maximum absolute atomic E-state index is 9.66. The lowest BCUT2D eigenvalue weighted by Gasteiger charge is -2.17. The normalized spacial score (nSPS) is 11.3. The zero-order valence-electron chi connectivity index (χ0n) is 13.7. The molecular formula is C18H23NO4. The lowest BCUT2D eigenvalue weighted by Crippen LogP contribution is -2.22. The lowest BCUT2D eigenvalue weighted by atomic mass is 10.1. The second-order valence-electron chi connectivity index (χ2n) is 6.05. The molecule has 2 aromatic rings. The number of aryl methyl sites for hydroxylation is 1. The van der Waals surface area contributed by atoms with E-state index in [0.717, 1.165) is 5.56 Å². The van der Waals surface area contributed by atoms with Gasteiger partial charge in [0.2, 0.25) is 5.88 Å². The van der Waals surface area contributed by atoms with Crippen LogP contribution < -0.4 is 9.47 Å². The number of aliphatic hydroxyl groups excluding tert-OH is 1. The molecule has 0 aliphatic rings. The summed E-state index contributed by atoms with van der Waals surface area (Å²) >= 11 is 0. The van der Waals surface area contributed by atoms with Crippen molar-refractivity contribution in [3.8, 4) is 17.4 Å². The van der Waals surface area contributed by atoms with Crippen LogP contribution >= 0.6 is 0 Å². The molecule has 0 saturated heterocycles. The van der Waals surface area contributed by atoms with E-state index in [0.29, 0.717) is 36.1 Å². The van der Waals surface area contributed by atoms with Crippen LogP contribution in [0, 0.1) is 6.92 Å². The molecule has 23 heavy (non-hydrogen) atoms. The Kier molecular flexibility index (Phi) is 5.58. The first kappa shape index (κ1) is 17.2. The van der Waals surface area contributed by atoms with E-state index in [-0.39, 0.29) is 6.61 Å². The molecule has 0 amide bonds. The van der Waals surface area contributed by atoms with Crippen LogP contribution in [-0.2, 0) is 6.61 Å². The van der Waals surface area contributed by atoms with Crippen LogP contribution in [0.2, 0.25) is 0 Å². The van der Waals surface area contributed by atoms with Gasteiger partial charge in [-0.1, -0.05) is 12.1 Å². The quantitative estimate of drug-likeness (QED) is 0.820. The molecule has 5 nitrogen and oxygen atoms in total. The zero-order chi connectivity index (χ0) is 16.9. The molecule has 2 rings (SSSR count). The van der Waals surface area contributed by atoms with Crippen molar-refractivity contribution in [2.75, 3.05) is 6.61 Å². The Morgan fingerprint density at radius 3 is 2.61 bits per heavy atom. The highest BCUT2D eigenvalue weighted by Gasteiger charge is 2.13. The van der Waals surface area contributed by atoms with Gasteiger partial charge in [-0.15, -0.1) is 0 Å². The number of hydrogen-bond donors (Lipinski definition) is 2. The van der Waals surface area contributed by atoms with Crippen molar-refractivity contribution in [3.63, 3.8) is 0 Å². The van der Waals surface area contributed by atoms with Crippen LogP contribution in [-0.4, -0.2) is 27.4 Å². The SMILES string of the molecule is Cc1nc(OCCC(C)(C)O)ccc1Oc1cccc(CO)c1. The van der Waals surface area contributed by atoms with Gasteiger partial charge in [0.1, 0.15) is 11.5 Å². The molecule has 0 aliphatic heterocycles. The van der Waals surface area contributed by atoms with Crippen molar-refractivity contribution < 1.29 is 19.7 Å². The minimum absolute atomic E-state index is 0.0254. The third kappa shape index (κ3) is 5.54. The van der Waals surface area contributed by atoms with E-state index in [9.17, 15) is 5.11 Å². The fourth-order valence-corrected chi connectivity index (χ4v) is 1.95. The van der Waals surface area contributed by atoms with Crippen molar-refractivity contribution in [2.24, 2.45) is 0 Å². The summed E-state index contributed by atoms with van der Waals surface area (Å²) < 4.78 is 11.3. The summed E-state index contributed by atoms with van der Waals surface area (Å²) in [6.45, 7) is 5.70. The van der Waals surface area contributed by atoms with E-state index in [2.05, 4.69) is 4.98 Å². The van der Waals surface area contributed by atoms with Gasteiger partial charge in [-0.25, -0.2) is 4.98 Å². The van der Waals surface area contributed by atoms with Gasteiger partial charge in [-0.05, 0) is 44.5 Å². The molecule has 1 aromatic heterocycles. The first-order valence-electron chi connectivity index (χ1n) is 7.58. The van der Waals surface area contributed by atoms with Gasteiger partial charge in [0.15, 0.2) is 0 Å². The Morgan fingerprint density at radius 2 is 1.96 bits per heavy atom. The average molecular weight is 317 g/mol. The Balaban J connectivity index is 2.01. The number of benzene rings is 1. The van der Waals surface area contributed by atoms with E-state index in [1.54, 1.807) is 32.0 Å². The number of hydrogen-bond acceptors (Lipinski definition) is 5. The second kappa shape index (κ2) is 7.44. The smallest absolute Gasteiger partial charge is 0.213 e. The standard InChI is InChI=1S/C18H23NO4/c1-13-16(23-15-6-4-5-14(11-15)12-20)7-8-17(19-13)22-10-9-18(2,3)21/h4-8,11,20-21H,9-10,12H2,1-3H3. The molecule has 0 aliphatic carbocycles. The number of nitrogens with zero attached hydrogens (tertiary/aromatic N) is 1. The third-order valence-corrected chi connectivity index (χ3v) is 3.28. The van der Waals surface area contributed by atoms with Crippen molar-refractivity contribution in [3.05, 3.63) is 47.7 Å². The van der Waals surface area contributed by atoms with E-state index in [1.165, 1.54) is 0 Å². The lowest BCUT2D eigenvalue weighted by molar-refractivity contribution is 0.0546. The van der Waals surface area contributed by atoms with Gasteiger partial charge in [-0.2, -0.15) is 0 Å². The largest absolute Gasteiger partial charge is 0.478 e. The Bertz CT molecular complexity index is 650. The number of ether oxygens (including phenoxy) is 2. The highest BCUT2D eigenvalue weighted by Crippen LogP contribution is 2.26. The summed E-state index contributed by atoms with van der Waals surface area (Å²) in [5, 5.41) is 18.8. The molecule has 0 spiro atoms. The predicted octanol–water partition coefficient (Wildman–Crippen LogP) is 3.21. The highest BCUT2D eigenvalue weighted by molar-refractivity contribution is 5.37. The third-order valence-electron chi connectivity index (χ3n) is 3.28. The fraction of sp³-hybridized carbons (Fsp3) is 0.389. The summed E-state index contributed by atoms with van der Waals surface area (Å²) in [7, 11) is 0. The number of aliphatic hydroxyl groups is 2. The molecule has 5 heteroatoms. The molecule has 2 N–H and O–H groups in total.